The first-order chi connectivity index (χ1) is 15.5. The Hall–Kier alpha value is -3.72. The molecule has 0 unspecified atom stereocenters. The zero-order valence-electron chi connectivity index (χ0n) is 19.1. The molecule has 0 aliphatic carbocycles. The topological polar surface area (TPSA) is 100 Å². The van der Waals surface area contributed by atoms with E-state index < -0.39 is 24.5 Å². The highest BCUT2D eigenvalue weighted by atomic mass is 19.1. The Morgan fingerprint density at radius 2 is 1.67 bits per heavy atom. The minimum absolute atomic E-state index is 0.0946. The molecular formula is C24H25BFN3O4. The molecule has 0 saturated heterocycles. The van der Waals surface area contributed by atoms with E-state index in [-0.39, 0.29) is 17.1 Å². The van der Waals surface area contributed by atoms with E-state index in [1.807, 2.05) is 0 Å². The quantitative estimate of drug-likeness (QED) is 0.306. The van der Waals surface area contributed by atoms with Gasteiger partial charge in [0, 0.05) is 24.1 Å². The molecule has 0 bridgehead atoms. The lowest BCUT2D eigenvalue weighted by Crippen LogP contribution is -2.28. The van der Waals surface area contributed by atoms with Crippen LogP contribution in [0.4, 0.5) is 15.8 Å². The van der Waals surface area contributed by atoms with E-state index >= 15 is 0 Å². The van der Waals surface area contributed by atoms with Crippen molar-refractivity contribution in [3.05, 3.63) is 76.4 Å². The summed E-state index contributed by atoms with van der Waals surface area (Å²) in [5.41, 5.74) is 3.02. The maximum absolute atomic E-state index is 13.5. The van der Waals surface area contributed by atoms with Crippen molar-refractivity contribution in [2.75, 3.05) is 10.6 Å². The number of rotatable bonds is 6. The van der Waals surface area contributed by atoms with Crippen LogP contribution < -0.4 is 16.1 Å². The van der Waals surface area contributed by atoms with Crippen LogP contribution in [0.5, 0.6) is 0 Å². The van der Waals surface area contributed by atoms with Gasteiger partial charge in [0.25, 0.3) is 17.6 Å². The molecule has 3 N–H and O–H groups in total. The monoisotopic (exact) mass is 449 g/mol. The van der Waals surface area contributed by atoms with Gasteiger partial charge in [0.2, 0.25) is 0 Å². The predicted molar refractivity (Wildman–Crippen MR) is 127 cm³/mol. The van der Waals surface area contributed by atoms with Crippen molar-refractivity contribution in [1.29, 1.82) is 0 Å². The minimum Gasteiger partial charge on any atom is -0.446 e. The maximum atomic E-state index is 13.5. The summed E-state index contributed by atoms with van der Waals surface area (Å²) >= 11 is 0. The second-order valence-corrected chi connectivity index (χ2v) is 8.00. The SMILES string of the molecule is CB(O)c1cccc(NC(=O)C(=O)c2c(C)c(C(=O)Nc3ccc(F)c(C)c3)c(C)n2C)c1. The van der Waals surface area contributed by atoms with Crippen molar-refractivity contribution >= 4 is 41.4 Å². The third kappa shape index (κ3) is 4.88. The van der Waals surface area contributed by atoms with Crippen LogP contribution in [-0.2, 0) is 11.8 Å². The van der Waals surface area contributed by atoms with Gasteiger partial charge in [-0.05, 0) is 67.7 Å². The number of aromatic nitrogens is 1. The molecule has 2 aromatic carbocycles. The van der Waals surface area contributed by atoms with E-state index in [2.05, 4.69) is 10.6 Å². The summed E-state index contributed by atoms with van der Waals surface area (Å²) in [6, 6.07) is 10.8. The van der Waals surface area contributed by atoms with E-state index in [0.29, 0.717) is 33.7 Å². The highest BCUT2D eigenvalue weighted by molar-refractivity contribution is 6.64. The van der Waals surface area contributed by atoms with Gasteiger partial charge in [-0.25, -0.2) is 4.39 Å². The molecule has 7 nitrogen and oxygen atoms in total. The van der Waals surface area contributed by atoms with Crippen LogP contribution in [0.1, 0.15) is 37.7 Å². The average molecular weight is 449 g/mol. The molecule has 0 atom stereocenters. The standard InChI is InChI=1S/C24H25BFN3O4/c1-13-11-18(9-10-19(13)26)27-23(31)20-14(2)21(29(5)15(20)3)22(30)24(32)28-17-8-6-7-16(12-17)25(4)33/h6-12,33H,1-5H3,(H,27,31)(H,28,32). The van der Waals surface area contributed by atoms with Crippen LogP contribution in [0.2, 0.25) is 6.82 Å². The number of ketones is 1. The van der Waals surface area contributed by atoms with Crippen molar-refractivity contribution in [3.8, 4) is 0 Å². The Morgan fingerprint density at radius 3 is 2.30 bits per heavy atom. The van der Waals surface area contributed by atoms with Gasteiger partial charge in [-0.3, -0.25) is 14.4 Å². The lowest BCUT2D eigenvalue weighted by molar-refractivity contribution is -0.112. The molecule has 0 aliphatic heterocycles. The molecule has 0 fully saturated rings. The van der Waals surface area contributed by atoms with E-state index in [1.165, 1.54) is 22.8 Å². The third-order valence-corrected chi connectivity index (χ3v) is 5.62. The maximum Gasteiger partial charge on any atom is 0.320 e. The lowest BCUT2D eigenvalue weighted by Gasteiger charge is -2.09. The molecule has 0 saturated carbocycles. The van der Waals surface area contributed by atoms with Crippen LogP contribution in [0.3, 0.4) is 0 Å². The van der Waals surface area contributed by atoms with Crippen LogP contribution in [-0.4, -0.2) is 34.1 Å². The first-order valence-electron chi connectivity index (χ1n) is 10.4. The molecule has 0 spiro atoms. The number of aryl methyl sites for hydroxylation is 1. The first-order valence-corrected chi connectivity index (χ1v) is 10.4. The number of Topliss-reactive ketones (excluding diaryl/α,β-unsaturated/α-hetero) is 1. The zero-order chi connectivity index (χ0) is 24.4. The average Bonchev–Trinajstić information content (AvgIpc) is 2.98. The largest absolute Gasteiger partial charge is 0.446 e. The summed E-state index contributed by atoms with van der Waals surface area (Å²) in [7, 11) is 1.61. The molecule has 1 aromatic heterocycles. The first kappa shape index (κ1) is 23.9. The fourth-order valence-electron chi connectivity index (χ4n) is 3.72. The number of carbonyl (C=O) groups excluding carboxylic acids is 3. The van der Waals surface area contributed by atoms with Crippen LogP contribution in [0.15, 0.2) is 42.5 Å². The Kier molecular flexibility index (Phi) is 6.83. The van der Waals surface area contributed by atoms with Crippen molar-refractivity contribution in [2.24, 2.45) is 7.05 Å². The van der Waals surface area contributed by atoms with Crippen molar-refractivity contribution < 1.29 is 23.8 Å². The summed E-state index contributed by atoms with van der Waals surface area (Å²) in [4.78, 5) is 38.6. The smallest absolute Gasteiger partial charge is 0.320 e. The zero-order valence-corrected chi connectivity index (χ0v) is 19.1. The van der Waals surface area contributed by atoms with E-state index in [1.54, 1.807) is 58.9 Å². The summed E-state index contributed by atoms with van der Waals surface area (Å²) in [5.74, 6) is -2.49. The van der Waals surface area contributed by atoms with Gasteiger partial charge in [0.05, 0.1) is 11.3 Å². The lowest BCUT2D eigenvalue weighted by atomic mass is 9.64. The van der Waals surface area contributed by atoms with Crippen molar-refractivity contribution in [3.63, 3.8) is 0 Å². The Bertz CT molecular complexity index is 1270. The summed E-state index contributed by atoms with van der Waals surface area (Å²) in [5, 5.41) is 15.0. The van der Waals surface area contributed by atoms with Gasteiger partial charge < -0.3 is 20.2 Å². The number of amides is 2. The molecule has 3 aromatic rings. The summed E-state index contributed by atoms with van der Waals surface area (Å²) in [6.07, 6.45) is 0. The highest BCUT2D eigenvalue weighted by Gasteiger charge is 2.28. The van der Waals surface area contributed by atoms with Gasteiger partial charge in [0.15, 0.2) is 0 Å². The number of nitrogens with zero attached hydrogens (tertiary/aromatic N) is 1. The molecule has 9 heteroatoms. The van der Waals surface area contributed by atoms with Crippen molar-refractivity contribution in [1.82, 2.24) is 4.57 Å². The van der Waals surface area contributed by atoms with Gasteiger partial charge >= 0.3 is 6.92 Å². The molecule has 33 heavy (non-hydrogen) atoms. The predicted octanol–water partition coefficient (Wildman–Crippen LogP) is 2.98. The normalized spacial score (nSPS) is 10.6. The minimum atomic E-state index is -0.859. The molecule has 1 heterocycles. The van der Waals surface area contributed by atoms with Crippen LogP contribution >= 0.6 is 0 Å². The Morgan fingerprint density at radius 1 is 1.00 bits per heavy atom. The molecular weight excluding hydrogens is 424 g/mol. The second-order valence-electron chi connectivity index (χ2n) is 8.00. The van der Waals surface area contributed by atoms with E-state index in [9.17, 15) is 23.8 Å². The molecule has 3 rings (SSSR count). The number of halogens is 1. The highest BCUT2D eigenvalue weighted by Crippen LogP contribution is 2.24. The Labute approximate surface area is 191 Å². The fourth-order valence-corrected chi connectivity index (χ4v) is 3.72. The fraction of sp³-hybridized carbons (Fsp3) is 0.208. The number of hydrogen-bond acceptors (Lipinski definition) is 4. The van der Waals surface area contributed by atoms with Crippen LogP contribution in [0, 0.1) is 26.6 Å². The summed E-state index contributed by atoms with van der Waals surface area (Å²) < 4.78 is 15.0. The van der Waals surface area contributed by atoms with Gasteiger partial charge in [0.1, 0.15) is 5.82 Å². The number of carbonyl (C=O) groups is 3. The Balaban J connectivity index is 1.86. The van der Waals surface area contributed by atoms with Gasteiger partial charge in [-0.2, -0.15) is 0 Å². The number of anilines is 2. The van der Waals surface area contributed by atoms with E-state index in [0.717, 1.165) is 0 Å². The van der Waals surface area contributed by atoms with E-state index in [4.69, 9.17) is 0 Å². The molecule has 0 radical (unpaired) electrons. The summed E-state index contributed by atoms with van der Waals surface area (Å²) in [6.45, 7) is 5.75. The second kappa shape index (κ2) is 9.42. The number of nitrogens with one attached hydrogen (secondary N) is 2. The molecule has 2 amide bonds. The number of hydrogen-bond donors (Lipinski definition) is 3. The van der Waals surface area contributed by atoms with Gasteiger partial charge in [-0.1, -0.05) is 19.0 Å². The third-order valence-electron chi connectivity index (χ3n) is 5.62. The number of benzene rings is 2. The molecule has 170 valence electrons. The molecule has 0 aliphatic rings. The van der Waals surface area contributed by atoms with Crippen molar-refractivity contribution in [2.45, 2.75) is 27.6 Å². The van der Waals surface area contributed by atoms with Crippen LogP contribution in [0.25, 0.3) is 0 Å². The van der Waals surface area contributed by atoms with Gasteiger partial charge in [-0.15, -0.1) is 0 Å².